The van der Waals surface area contributed by atoms with E-state index in [1.54, 1.807) is 0 Å². The summed E-state index contributed by atoms with van der Waals surface area (Å²) in [5.74, 6) is -1.07. The molecule has 0 amide bonds. The number of carboxylic acid groups (broad SMARTS) is 1. The van der Waals surface area contributed by atoms with E-state index in [0.717, 1.165) is 0 Å². The maximum absolute atomic E-state index is 10.4. The molecule has 0 aliphatic rings. The Morgan fingerprint density at radius 1 is 1.31 bits per heavy atom. The number of hydrogen-bond acceptors (Lipinski definition) is 1. The highest BCUT2D eigenvalue weighted by Gasteiger charge is 2.07. The predicted octanol–water partition coefficient (Wildman–Crippen LogP) is 3.72. The van der Waals surface area contributed by atoms with E-state index < -0.39 is 5.97 Å². The standard InChI is InChI=1S/C7H4Cl2O2.C2H6/c8-4-1-2-6(9)5(3-4)7(10)11;1-2/h1-3H,(H,10,11);1-2H3. The second kappa shape index (κ2) is 5.84. The quantitative estimate of drug-likeness (QED) is 0.784. The topological polar surface area (TPSA) is 37.3 Å². The lowest BCUT2D eigenvalue weighted by atomic mass is 10.2. The van der Waals surface area contributed by atoms with Crippen LogP contribution in [0.15, 0.2) is 18.2 Å². The fourth-order valence-corrected chi connectivity index (χ4v) is 1.03. The van der Waals surface area contributed by atoms with Crippen LogP contribution in [0.4, 0.5) is 0 Å². The molecule has 2 nitrogen and oxygen atoms in total. The minimum Gasteiger partial charge on any atom is -0.478 e. The van der Waals surface area contributed by atoms with Crippen molar-refractivity contribution in [2.45, 2.75) is 13.8 Å². The van der Waals surface area contributed by atoms with Gasteiger partial charge in [0.2, 0.25) is 0 Å². The fraction of sp³-hybridized carbons (Fsp3) is 0.222. The van der Waals surface area contributed by atoms with Crippen LogP contribution < -0.4 is 0 Å². The van der Waals surface area contributed by atoms with E-state index in [2.05, 4.69) is 0 Å². The third-order valence-electron chi connectivity index (χ3n) is 1.16. The molecule has 0 radical (unpaired) electrons. The molecule has 0 spiro atoms. The fourth-order valence-electron chi connectivity index (χ4n) is 0.661. The lowest BCUT2D eigenvalue weighted by Crippen LogP contribution is -1.96. The van der Waals surface area contributed by atoms with Gasteiger partial charge in [-0.15, -0.1) is 0 Å². The first-order valence-corrected chi connectivity index (χ1v) is 4.55. The zero-order valence-electron chi connectivity index (χ0n) is 7.34. The third-order valence-corrected chi connectivity index (χ3v) is 1.72. The number of benzene rings is 1. The molecule has 0 aliphatic heterocycles. The van der Waals surface area contributed by atoms with Crippen LogP contribution in [0.5, 0.6) is 0 Å². The largest absolute Gasteiger partial charge is 0.478 e. The molecule has 0 unspecified atom stereocenters. The molecular weight excluding hydrogens is 211 g/mol. The summed E-state index contributed by atoms with van der Waals surface area (Å²) in [5.41, 5.74) is 0.0270. The molecule has 1 aromatic carbocycles. The molecule has 0 bridgehead atoms. The number of hydrogen-bond donors (Lipinski definition) is 1. The van der Waals surface area contributed by atoms with Crippen molar-refractivity contribution >= 4 is 29.2 Å². The van der Waals surface area contributed by atoms with Crippen LogP contribution in [0.1, 0.15) is 24.2 Å². The number of rotatable bonds is 1. The number of aromatic carboxylic acids is 1. The third kappa shape index (κ3) is 3.66. The maximum atomic E-state index is 10.4. The second-order valence-electron chi connectivity index (χ2n) is 1.93. The molecule has 13 heavy (non-hydrogen) atoms. The van der Waals surface area contributed by atoms with Crippen LogP contribution in [-0.4, -0.2) is 11.1 Å². The monoisotopic (exact) mass is 220 g/mol. The van der Waals surface area contributed by atoms with Gasteiger partial charge in [-0.2, -0.15) is 0 Å². The van der Waals surface area contributed by atoms with Crippen LogP contribution in [0.3, 0.4) is 0 Å². The van der Waals surface area contributed by atoms with Gasteiger partial charge in [0.25, 0.3) is 0 Å². The van der Waals surface area contributed by atoms with Crippen molar-refractivity contribution in [1.29, 1.82) is 0 Å². The minimum absolute atomic E-state index is 0.0270. The van der Waals surface area contributed by atoms with E-state index >= 15 is 0 Å². The van der Waals surface area contributed by atoms with Gasteiger partial charge >= 0.3 is 5.97 Å². The summed E-state index contributed by atoms with van der Waals surface area (Å²) >= 11 is 11.1. The molecule has 0 fully saturated rings. The van der Waals surface area contributed by atoms with E-state index in [1.165, 1.54) is 18.2 Å². The van der Waals surface area contributed by atoms with E-state index in [-0.39, 0.29) is 10.6 Å². The Labute approximate surface area is 87.1 Å². The van der Waals surface area contributed by atoms with Gasteiger partial charge in [0.1, 0.15) is 0 Å². The average molecular weight is 221 g/mol. The Bertz CT molecular complexity index is 298. The molecule has 0 aromatic heterocycles. The molecule has 72 valence electrons. The molecular formula is C9H10Cl2O2. The van der Waals surface area contributed by atoms with Gasteiger partial charge < -0.3 is 5.11 Å². The molecule has 0 heterocycles. The molecule has 4 heteroatoms. The van der Waals surface area contributed by atoms with Crippen molar-refractivity contribution < 1.29 is 9.90 Å². The number of carbonyl (C=O) groups is 1. The Kier molecular flexibility index (Phi) is 5.51. The van der Waals surface area contributed by atoms with Gasteiger partial charge in [0.15, 0.2) is 0 Å². The van der Waals surface area contributed by atoms with Crippen LogP contribution in [-0.2, 0) is 0 Å². The summed E-state index contributed by atoms with van der Waals surface area (Å²) < 4.78 is 0. The van der Waals surface area contributed by atoms with Gasteiger partial charge in [-0.05, 0) is 18.2 Å². The summed E-state index contributed by atoms with van der Waals surface area (Å²) in [5, 5.41) is 9.11. The van der Waals surface area contributed by atoms with Gasteiger partial charge in [-0.3, -0.25) is 0 Å². The summed E-state index contributed by atoms with van der Waals surface area (Å²) in [4.78, 5) is 10.4. The Morgan fingerprint density at radius 3 is 2.23 bits per heavy atom. The maximum Gasteiger partial charge on any atom is 0.337 e. The summed E-state index contributed by atoms with van der Waals surface area (Å²) in [7, 11) is 0. The highest BCUT2D eigenvalue weighted by molar-refractivity contribution is 6.35. The average Bonchev–Trinajstić information content (AvgIpc) is 2.12. The zero-order chi connectivity index (χ0) is 10.4. The van der Waals surface area contributed by atoms with Gasteiger partial charge in [-0.25, -0.2) is 4.79 Å². The molecule has 0 atom stereocenters. The lowest BCUT2D eigenvalue weighted by Gasteiger charge is -1.97. The smallest absolute Gasteiger partial charge is 0.337 e. The van der Waals surface area contributed by atoms with E-state index in [4.69, 9.17) is 28.3 Å². The van der Waals surface area contributed by atoms with Gasteiger partial charge in [0.05, 0.1) is 10.6 Å². The molecule has 1 aromatic rings. The summed E-state index contributed by atoms with van der Waals surface area (Å²) in [6, 6.07) is 4.30. The number of carboxylic acids is 1. The van der Waals surface area contributed by atoms with Gasteiger partial charge in [0, 0.05) is 5.02 Å². The summed E-state index contributed by atoms with van der Waals surface area (Å²) in [6.07, 6.45) is 0. The highest BCUT2D eigenvalue weighted by Crippen LogP contribution is 2.20. The molecule has 1 N–H and O–H groups in total. The second-order valence-corrected chi connectivity index (χ2v) is 2.77. The Morgan fingerprint density at radius 2 is 1.85 bits per heavy atom. The van der Waals surface area contributed by atoms with E-state index in [0.29, 0.717) is 5.02 Å². The first-order chi connectivity index (χ1) is 6.11. The first kappa shape index (κ1) is 12.3. The minimum atomic E-state index is -1.07. The number of halogens is 2. The molecule has 1 rings (SSSR count). The van der Waals surface area contributed by atoms with E-state index in [9.17, 15) is 4.79 Å². The lowest BCUT2D eigenvalue weighted by molar-refractivity contribution is 0.0697. The Hall–Kier alpha value is -0.730. The van der Waals surface area contributed by atoms with Crippen LogP contribution in [0.25, 0.3) is 0 Å². The van der Waals surface area contributed by atoms with Crippen molar-refractivity contribution in [3.63, 3.8) is 0 Å². The van der Waals surface area contributed by atoms with Crippen molar-refractivity contribution in [3.8, 4) is 0 Å². The zero-order valence-corrected chi connectivity index (χ0v) is 8.86. The van der Waals surface area contributed by atoms with Crippen LogP contribution >= 0.6 is 23.2 Å². The molecule has 0 saturated carbocycles. The normalized spacial score (nSPS) is 8.62. The summed E-state index contributed by atoms with van der Waals surface area (Å²) in [6.45, 7) is 4.00. The predicted molar refractivity (Wildman–Crippen MR) is 54.8 cm³/mol. The Balaban J connectivity index is 0.000000671. The van der Waals surface area contributed by atoms with Crippen LogP contribution in [0.2, 0.25) is 10.0 Å². The van der Waals surface area contributed by atoms with Crippen molar-refractivity contribution in [2.24, 2.45) is 0 Å². The van der Waals surface area contributed by atoms with E-state index in [1.807, 2.05) is 13.8 Å². The van der Waals surface area contributed by atoms with Crippen molar-refractivity contribution in [3.05, 3.63) is 33.8 Å². The highest BCUT2D eigenvalue weighted by atomic mass is 35.5. The first-order valence-electron chi connectivity index (χ1n) is 3.79. The van der Waals surface area contributed by atoms with Gasteiger partial charge in [-0.1, -0.05) is 37.0 Å². The SMILES string of the molecule is CC.O=C(O)c1cc(Cl)ccc1Cl. The van der Waals surface area contributed by atoms with Crippen LogP contribution in [0, 0.1) is 0 Å². The molecule has 0 aliphatic carbocycles. The van der Waals surface area contributed by atoms with Crippen molar-refractivity contribution in [2.75, 3.05) is 0 Å². The molecule has 0 saturated heterocycles. The van der Waals surface area contributed by atoms with Crippen molar-refractivity contribution in [1.82, 2.24) is 0 Å².